The van der Waals surface area contributed by atoms with Gasteiger partial charge < -0.3 is 10.2 Å². The number of nitrogens with zero attached hydrogens (tertiary/aromatic N) is 1. The lowest BCUT2D eigenvalue weighted by atomic mass is 10.2. The molecule has 0 unspecified atom stereocenters. The van der Waals surface area contributed by atoms with Gasteiger partial charge in [0.25, 0.3) is 0 Å². The van der Waals surface area contributed by atoms with Gasteiger partial charge in [-0.3, -0.25) is 9.59 Å². The summed E-state index contributed by atoms with van der Waals surface area (Å²) in [5.74, 6) is 0.00839. The summed E-state index contributed by atoms with van der Waals surface area (Å²) in [5, 5.41) is 6.68. The standard InChI is InChI=1S/C18H18N2O2S2/c21-17(20(13-5-6-13)10-12-7-8-23-11-12)9-16-18(22)19-14-3-1-2-4-15(14)24-16/h1-4,7-8,11,13,16H,5-6,9-10H2,(H,19,22)/t16-/m0/s1. The highest BCUT2D eigenvalue weighted by atomic mass is 32.2. The number of benzene rings is 1. The van der Waals surface area contributed by atoms with Crippen molar-refractivity contribution in [2.45, 2.75) is 42.0 Å². The first-order chi connectivity index (χ1) is 11.7. The van der Waals surface area contributed by atoms with Crippen LogP contribution >= 0.6 is 23.1 Å². The largest absolute Gasteiger partial charge is 0.335 e. The number of anilines is 1. The molecular weight excluding hydrogens is 340 g/mol. The summed E-state index contributed by atoms with van der Waals surface area (Å²) < 4.78 is 0. The van der Waals surface area contributed by atoms with Crippen LogP contribution in [0.15, 0.2) is 46.0 Å². The molecule has 4 rings (SSSR count). The molecule has 1 aromatic heterocycles. The van der Waals surface area contributed by atoms with Gasteiger partial charge in [-0.25, -0.2) is 0 Å². The van der Waals surface area contributed by atoms with E-state index in [-0.39, 0.29) is 23.5 Å². The number of para-hydroxylation sites is 1. The highest BCUT2D eigenvalue weighted by Gasteiger charge is 2.36. The summed E-state index contributed by atoms with van der Waals surface area (Å²) in [6.07, 6.45) is 2.40. The van der Waals surface area contributed by atoms with Gasteiger partial charge in [0.15, 0.2) is 0 Å². The smallest absolute Gasteiger partial charge is 0.238 e. The van der Waals surface area contributed by atoms with Gasteiger partial charge in [-0.2, -0.15) is 11.3 Å². The van der Waals surface area contributed by atoms with Gasteiger partial charge in [0.1, 0.15) is 0 Å². The quantitative estimate of drug-likeness (QED) is 0.886. The molecule has 0 bridgehead atoms. The predicted molar refractivity (Wildman–Crippen MR) is 97.2 cm³/mol. The van der Waals surface area contributed by atoms with Gasteiger partial charge in [0.05, 0.1) is 10.9 Å². The summed E-state index contributed by atoms with van der Waals surface area (Å²) in [6, 6.07) is 10.1. The van der Waals surface area contributed by atoms with Crippen LogP contribution in [-0.2, 0) is 16.1 Å². The van der Waals surface area contributed by atoms with E-state index in [0.29, 0.717) is 12.6 Å². The molecule has 6 heteroatoms. The number of hydrogen-bond donors (Lipinski definition) is 1. The summed E-state index contributed by atoms with van der Waals surface area (Å²) >= 11 is 3.14. The predicted octanol–water partition coefficient (Wildman–Crippen LogP) is 3.74. The summed E-state index contributed by atoms with van der Waals surface area (Å²) in [5.41, 5.74) is 2.01. The number of nitrogens with one attached hydrogen (secondary N) is 1. The minimum absolute atomic E-state index is 0.0710. The first-order valence-electron chi connectivity index (χ1n) is 8.08. The van der Waals surface area contributed by atoms with Crippen LogP contribution in [0.2, 0.25) is 0 Å². The Labute approximate surface area is 149 Å². The molecule has 1 N–H and O–H groups in total. The van der Waals surface area contributed by atoms with Gasteiger partial charge in [-0.1, -0.05) is 12.1 Å². The maximum absolute atomic E-state index is 12.8. The Bertz CT molecular complexity index is 756. The second-order valence-corrected chi connectivity index (χ2v) is 8.21. The van der Waals surface area contributed by atoms with Crippen molar-refractivity contribution in [2.75, 3.05) is 5.32 Å². The number of amides is 2. The number of carbonyl (C=O) groups excluding carboxylic acids is 2. The van der Waals surface area contributed by atoms with Crippen LogP contribution in [0, 0.1) is 0 Å². The minimum Gasteiger partial charge on any atom is -0.335 e. The van der Waals surface area contributed by atoms with E-state index < -0.39 is 0 Å². The molecule has 0 spiro atoms. The van der Waals surface area contributed by atoms with E-state index in [2.05, 4.69) is 16.8 Å². The van der Waals surface area contributed by atoms with E-state index in [4.69, 9.17) is 0 Å². The molecule has 4 nitrogen and oxygen atoms in total. The fourth-order valence-corrected chi connectivity index (χ4v) is 4.65. The fraction of sp³-hybridized carbons (Fsp3) is 0.333. The number of hydrogen-bond acceptors (Lipinski definition) is 4. The molecule has 2 aromatic rings. The summed E-state index contributed by atoms with van der Waals surface area (Å²) in [4.78, 5) is 28.1. The summed E-state index contributed by atoms with van der Waals surface area (Å²) in [6.45, 7) is 0.655. The lowest BCUT2D eigenvalue weighted by Gasteiger charge is -2.27. The Hall–Kier alpha value is -1.79. The second kappa shape index (κ2) is 6.61. The van der Waals surface area contributed by atoms with Crippen LogP contribution in [0.25, 0.3) is 0 Å². The van der Waals surface area contributed by atoms with E-state index in [0.717, 1.165) is 23.4 Å². The molecule has 0 saturated heterocycles. The van der Waals surface area contributed by atoms with Crippen LogP contribution in [0.5, 0.6) is 0 Å². The molecule has 2 amide bonds. The maximum atomic E-state index is 12.8. The molecule has 24 heavy (non-hydrogen) atoms. The van der Waals surface area contributed by atoms with Crippen molar-refractivity contribution >= 4 is 40.6 Å². The molecule has 124 valence electrons. The first kappa shape index (κ1) is 15.7. The van der Waals surface area contributed by atoms with Gasteiger partial charge in [-0.05, 0) is 47.4 Å². The Morgan fingerprint density at radius 2 is 2.08 bits per heavy atom. The van der Waals surface area contributed by atoms with Crippen molar-refractivity contribution < 1.29 is 9.59 Å². The van der Waals surface area contributed by atoms with Crippen molar-refractivity contribution in [1.82, 2.24) is 4.90 Å². The van der Waals surface area contributed by atoms with Crippen molar-refractivity contribution in [3.63, 3.8) is 0 Å². The lowest BCUT2D eigenvalue weighted by Crippen LogP contribution is -2.38. The van der Waals surface area contributed by atoms with Crippen molar-refractivity contribution in [3.05, 3.63) is 46.7 Å². The number of thioether (sulfide) groups is 1. The molecule has 1 aromatic carbocycles. The van der Waals surface area contributed by atoms with Crippen LogP contribution < -0.4 is 5.32 Å². The normalized spacial score (nSPS) is 19.5. The molecule has 1 aliphatic heterocycles. The van der Waals surface area contributed by atoms with Crippen molar-refractivity contribution in [1.29, 1.82) is 0 Å². The Kier molecular flexibility index (Phi) is 4.33. The molecule has 1 saturated carbocycles. The number of carbonyl (C=O) groups is 2. The van der Waals surface area contributed by atoms with E-state index in [9.17, 15) is 9.59 Å². The highest BCUT2D eigenvalue weighted by Crippen LogP contribution is 2.37. The van der Waals surface area contributed by atoms with Gasteiger partial charge in [0.2, 0.25) is 11.8 Å². The molecule has 2 aliphatic rings. The van der Waals surface area contributed by atoms with Crippen molar-refractivity contribution in [2.24, 2.45) is 0 Å². The second-order valence-electron chi connectivity index (χ2n) is 6.18. The van der Waals surface area contributed by atoms with Gasteiger partial charge in [-0.15, -0.1) is 11.8 Å². The Morgan fingerprint density at radius 1 is 1.25 bits per heavy atom. The number of rotatable bonds is 5. The average Bonchev–Trinajstić information content (AvgIpc) is 3.29. The molecular formula is C18H18N2O2S2. The Morgan fingerprint density at radius 3 is 2.83 bits per heavy atom. The zero-order valence-corrected chi connectivity index (χ0v) is 14.7. The van der Waals surface area contributed by atoms with Crippen LogP contribution in [-0.4, -0.2) is 28.0 Å². The Balaban J connectivity index is 1.45. The summed E-state index contributed by atoms with van der Waals surface area (Å²) in [7, 11) is 0. The third-order valence-corrected chi connectivity index (χ3v) is 6.31. The molecule has 0 radical (unpaired) electrons. The molecule has 1 aliphatic carbocycles. The van der Waals surface area contributed by atoms with E-state index in [1.54, 1.807) is 11.3 Å². The van der Waals surface area contributed by atoms with Gasteiger partial charge in [0, 0.05) is 23.9 Å². The maximum Gasteiger partial charge on any atom is 0.238 e. The monoisotopic (exact) mass is 358 g/mol. The lowest BCUT2D eigenvalue weighted by molar-refractivity contribution is -0.133. The third kappa shape index (κ3) is 3.35. The zero-order valence-electron chi connectivity index (χ0n) is 13.1. The molecule has 1 atom stereocenters. The van der Waals surface area contributed by atoms with Crippen LogP contribution in [0.1, 0.15) is 24.8 Å². The van der Waals surface area contributed by atoms with E-state index in [1.807, 2.05) is 34.5 Å². The van der Waals surface area contributed by atoms with Crippen LogP contribution in [0.4, 0.5) is 5.69 Å². The number of thiophene rings is 1. The zero-order chi connectivity index (χ0) is 16.5. The molecule has 2 heterocycles. The third-order valence-electron chi connectivity index (χ3n) is 4.31. The fourth-order valence-electron chi connectivity index (χ4n) is 2.89. The van der Waals surface area contributed by atoms with E-state index >= 15 is 0 Å². The first-order valence-corrected chi connectivity index (χ1v) is 9.90. The SMILES string of the molecule is O=C1Nc2ccccc2S[C@H]1CC(=O)N(Cc1ccsc1)C1CC1. The van der Waals surface area contributed by atoms with Gasteiger partial charge >= 0.3 is 0 Å². The van der Waals surface area contributed by atoms with E-state index in [1.165, 1.54) is 17.3 Å². The average molecular weight is 358 g/mol. The minimum atomic E-state index is -0.351. The topological polar surface area (TPSA) is 49.4 Å². The van der Waals surface area contributed by atoms with Crippen LogP contribution in [0.3, 0.4) is 0 Å². The number of fused-ring (bicyclic) bond motifs is 1. The van der Waals surface area contributed by atoms with Crippen molar-refractivity contribution in [3.8, 4) is 0 Å². The highest BCUT2D eigenvalue weighted by molar-refractivity contribution is 8.01. The molecule has 1 fully saturated rings.